The van der Waals surface area contributed by atoms with E-state index in [9.17, 15) is 19.2 Å². The predicted molar refractivity (Wildman–Crippen MR) is 129 cm³/mol. The van der Waals surface area contributed by atoms with Gasteiger partial charge in [-0.1, -0.05) is 27.7 Å². The van der Waals surface area contributed by atoms with E-state index >= 15 is 0 Å². The molecule has 0 aromatic rings. The van der Waals surface area contributed by atoms with E-state index in [0.717, 1.165) is 31.8 Å². The first-order valence-corrected chi connectivity index (χ1v) is 11.7. The van der Waals surface area contributed by atoms with Gasteiger partial charge >= 0.3 is 12.0 Å². The number of rotatable bonds is 10. The number of aliphatic imine (C=N–C) groups is 1. The summed E-state index contributed by atoms with van der Waals surface area (Å²) < 4.78 is 6.07. The van der Waals surface area contributed by atoms with E-state index in [2.05, 4.69) is 25.8 Å². The molecule has 1 fully saturated rings. The standard InChI is InChI=1S/C18H29N3O3.C7H8O3/c1-5-14(12(2)3)15(22)8-6-13-7-9-17(24-13)21(4)11-10-16(19)20-18(21)23;1-2-6(5-8)3-4-7(9)10/h10-14,17H,5-9H2,1-4H3,(H-,19,20,23);3-4H,2H2,1H3,(H,9,10)/p+1/b;4-3-. The number of ketones is 1. The number of allylic oxidation sites excluding steroid dienone is 2. The number of ether oxygens (including phenoxy) is 1. The van der Waals surface area contributed by atoms with E-state index in [1.54, 1.807) is 32.2 Å². The Bertz CT molecular complexity index is 885. The number of carboxylic acids is 1. The Morgan fingerprint density at radius 2 is 2.00 bits per heavy atom. The topological polar surface area (TPSA) is 136 Å². The van der Waals surface area contributed by atoms with Gasteiger partial charge in [-0.25, -0.2) is 14.4 Å². The second kappa shape index (κ2) is 13.7. The molecule has 0 spiro atoms. The number of nitrogens with two attached hydrogens (primary N) is 1. The molecule has 1 saturated heterocycles. The van der Waals surface area contributed by atoms with Crippen LogP contribution in [-0.2, 0) is 19.1 Å². The number of hydrogen-bond acceptors (Lipinski definition) is 6. The van der Waals surface area contributed by atoms with Gasteiger partial charge in [0.1, 0.15) is 23.8 Å². The first kappa shape index (κ1) is 29.2. The van der Waals surface area contributed by atoms with Crippen molar-refractivity contribution in [2.75, 3.05) is 7.05 Å². The Balaban J connectivity index is 0.000000489. The molecule has 0 radical (unpaired) electrons. The van der Waals surface area contributed by atoms with Crippen LogP contribution in [0.3, 0.4) is 0 Å². The van der Waals surface area contributed by atoms with Crippen LogP contribution in [0.25, 0.3) is 0 Å². The Hall–Kier alpha value is -2.87. The average Bonchev–Trinajstić information content (AvgIpc) is 3.26. The lowest BCUT2D eigenvalue weighted by Gasteiger charge is -2.32. The molecule has 2 aliphatic heterocycles. The zero-order valence-corrected chi connectivity index (χ0v) is 20.8. The maximum absolute atomic E-state index is 12.4. The normalized spacial score (nSPS) is 24.9. The van der Waals surface area contributed by atoms with Crippen LogP contribution in [0, 0.1) is 11.8 Å². The minimum Gasteiger partial charge on any atom is -0.478 e. The maximum Gasteiger partial charge on any atom is 0.451 e. The van der Waals surface area contributed by atoms with Crippen LogP contribution in [0.4, 0.5) is 4.79 Å². The smallest absolute Gasteiger partial charge is 0.451 e. The van der Waals surface area contributed by atoms with Crippen molar-refractivity contribution in [3.63, 3.8) is 0 Å². The maximum atomic E-state index is 12.4. The van der Waals surface area contributed by atoms with Crippen molar-refractivity contribution in [1.29, 1.82) is 0 Å². The number of quaternary nitrogens is 1. The Morgan fingerprint density at radius 3 is 2.50 bits per heavy atom. The Labute approximate surface area is 201 Å². The van der Waals surface area contributed by atoms with Crippen LogP contribution in [0.1, 0.15) is 66.2 Å². The molecule has 2 aliphatic rings. The summed E-state index contributed by atoms with van der Waals surface area (Å²) in [6, 6.07) is -0.303. The van der Waals surface area contributed by atoms with Gasteiger partial charge in [0, 0.05) is 36.5 Å². The molecule has 0 bridgehead atoms. The van der Waals surface area contributed by atoms with E-state index < -0.39 is 5.97 Å². The van der Waals surface area contributed by atoms with Gasteiger partial charge in [0.15, 0.2) is 0 Å². The highest BCUT2D eigenvalue weighted by Crippen LogP contribution is 2.32. The molecule has 0 aromatic carbocycles. The van der Waals surface area contributed by atoms with Gasteiger partial charge in [0.25, 0.3) is 0 Å². The fraction of sp³-hybridized carbons (Fsp3) is 0.600. The third-order valence-corrected chi connectivity index (χ3v) is 6.19. The van der Waals surface area contributed by atoms with Crippen LogP contribution in [0.5, 0.6) is 0 Å². The van der Waals surface area contributed by atoms with Gasteiger partial charge in [-0.2, -0.15) is 4.48 Å². The molecular weight excluding hydrogens is 438 g/mol. The number of carbonyl (C=O) groups is 3. The molecule has 34 heavy (non-hydrogen) atoms. The van der Waals surface area contributed by atoms with Gasteiger partial charge in [-0.05, 0) is 37.7 Å². The van der Waals surface area contributed by atoms with E-state index in [1.807, 2.05) is 0 Å². The van der Waals surface area contributed by atoms with Gasteiger partial charge in [0.05, 0.1) is 13.2 Å². The quantitative estimate of drug-likeness (QED) is 0.212. The summed E-state index contributed by atoms with van der Waals surface area (Å²) in [5, 5.41) is 8.12. The van der Waals surface area contributed by atoms with E-state index in [-0.39, 0.29) is 34.6 Å². The van der Waals surface area contributed by atoms with E-state index in [1.165, 1.54) is 6.08 Å². The average molecular weight is 477 g/mol. The third kappa shape index (κ3) is 8.48. The molecule has 9 nitrogen and oxygen atoms in total. The fourth-order valence-electron chi connectivity index (χ4n) is 4.02. The molecule has 4 atom stereocenters. The summed E-state index contributed by atoms with van der Waals surface area (Å²) in [6.07, 6.45) is 9.65. The van der Waals surface area contributed by atoms with Gasteiger partial charge in [-0.3, -0.25) is 4.79 Å². The van der Waals surface area contributed by atoms with Crippen LogP contribution >= 0.6 is 0 Å². The molecule has 2 rings (SSSR count). The molecule has 188 valence electrons. The molecule has 0 aromatic heterocycles. The third-order valence-electron chi connectivity index (χ3n) is 6.19. The molecular formula is C25H38N3O6+. The lowest BCUT2D eigenvalue weighted by Crippen LogP contribution is -2.53. The molecule has 2 amide bonds. The number of urea groups is 1. The minimum absolute atomic E-state index is 0.00523. The number of amidine groups is 1. The largest absolute Gasteiger partial charge is 0.478 e. The van der Waals surface area contributed by atoms with Gasteiger partial charge in [-0.15, -0.1) is 4.99 Å². The molecule has 0 saturated carbocycles. The van der Waals surface area contributed by atoms with Gasteiger partial charge < -0.3 is 15.6 Å². The van der Waals surface area contributed by atoms with Crippen molar-refractivity contribution < 1.29 is 33.5 Å². The highest BCUT2D eigenvalue weighted by Gasteiger charge is 2.45. The molecule has 0 aliphatic carbocycles. The zero-order valence-electron chi connectivity index (χ0n) is 20.8. The van der Waals surface area contributed by atoms with Crippen LogP contribution < -0.4 is 5.73 Å². The van der Waals surface area contributed by atoms with Crippen molar-refractivity contribution in [2.24, 2.45) is 22.6 Å². The van der Waals surface area contributed by atoms with Crippen molar-refractivity contribution in [2.45, 2.75) is 78.6 Å². The fourth-order valence-corrected chi connectivity index (χ4v) is 4.02. The molecule has 3 N–H and O–H groups in total. The molecule has 9 heteroatoms. The molecule has 4 unspecified atom stereocenters. The Morgan fingerprint density at radius 1 is 1.32 bits per heavy atom. The lowest BCUT2D eigenvalue weighted by atomic mass is 9.87. The van der Waals surface area contributed by atoms with Crippen LogP contribution in [0.15, 0.2) is 35.0 Å². The number of nitrogens with zero attached hydrogens (tertiary/aromatic N) is 2. The van der Waals surface area contributed by atoms with Crippen molar-refractivity contribution in [3.8, 4) is 0 Å². The summed E-state index contributed by atoms with van der Waals surface area (Å²) in [5.41, 5.74) is 5.94. The SMILES string of the molecule is CCC(=C=O)/C=C\C(=O)O.CCC(C(=O)CCC1CCC([N+]2(C)C=CC(N)=NC2=O)O1)C(C)C. The van der Waals surface area contributed by atoms with Crippen molar-refractivity contribution in [3.05, 3.63) is 30.0 Å². The summed E-state index contributed by atoms with van der Waals surface area (Å²) >= 11 is 0. The number of amides is 2. The highest BCUT2D eigenvalue weighted by molar-refractivity contribution is 5.99. The first-order chi connectivity index (χ1) is 16.0. The second-order valence-electron chi connectivity index (χ2n) is 8.99. The molecule has 2 heterocycles. The Kier molecular flexibility index (Phi) is 11.8. The van der Waals surface area contributed by atoms with E-state index in [0.29, 0.717) is 30.1 Å². The lowest BCUT2D eigenvalue weighted by molar-refractivity contribution is -0.830. The zero-order chi connectivity index (χ0) is 25.9. The number of hydrogen-bond donors (Lipinski definition) is 2. The summed E-state index contributed by atoms with van der Waals surface area (Å²) in [6.45, 7) is 8.02. The highest BCUT2D eigenvalue weighted by atomic mass is 16.5. The first-order valence-electron chi connectivity index (χ1n) is 11.7. The summed E-state index contributed by atoms with van der Waals surface area (Å²) in [5.74, 6) is 1.64. The van der Waals surface area contributed by atoms with Crippen molar-refractivity contribution in [1.82, 2.24) is 0 Å². The summed E-state index contributed by atoms with van der Waals surface area (Å²) in [7, 11) is 1.79. The number of carbonyl (C=O) groups excluding carboxylic acids is 3. The number of carboxylic acid groups (broad SMARTS) is 1. The van der Waals surface area contributed by atoms with Crippen LogP contribution in [-0.4, -0.2) is 58.5 Å². The summed E-state index contributed by atoms with van der Waals surface area (Å²) in [4.78, 5) is 48.2. The van der Waals surface area contributed by atoms with Crippen LogP contribution in [0.2, 0.25) is 0 Å². The van der Waals surface area contributed by atoms with Gasteiger partial charge in [0.2, 0.25) is 6.23 Å². The van der Waals surface area contributed by atoms with E-state index in [4.69, 9.17) is 15.6 Å². The minimum atomic E-state index is -1.05. The van der Waals surface area contributed by atoms with Crippen molar-refractivity contribution >= 4 is 29.6 Å². The predicted octanol–water partition coefficient (Wildman–Crippen LogP) is 3.77. The second-order valence-corrected chi connectivity index (χ2v) is 8.99. The number of Topliss-reactive ketones (excluding diaryl/α,β-unsaturated/α-hetero) is 1. The monoisotopic (exact) mass is 476 g/mol. The number of aliphatic carboxylic acids is 1.